The highest BCUT2D eigenvalue weighted by molar-refractivity contribution is 9.10. The molecule has 0 aliphatic carbocycles. The molecule has 0 radical (unpaired) electrons. The van der Waals surface area contributed by atoms with Gasteiger partial charge in [0.1, 0.15) is 5.69 Å². The van der Waals surface area contributed by atoms with E-state index in [1.807, 2.05) is 0 Å². The number of rotatable bonds is 3. The third-order valence-electron chi connectivity index (χ3n) is 1.45. The molecule has 1 aromatic heterocycles. The lowest BCUT2D eigenvalue weighted by Crippen LogP contribution is -2.13. The predicted molar refractivity (Wildman–Crippen MR) is 59.1 cm³/mol. The van der Waals surface area contributed by atoms with Gasteiger partial charge in [-0.3, -0.25) is 15.1 Å². The van der Waals surface area contributed by atoms with Crippen LogP contribution in [-0.2, 0) is 6.42 Å². The first-order valence-corrected chi connectivity index (χ1v) is 4.78. The molecule has 1 aromatic rings. The summed E-state index contributed by atoms with van der Waals surface area (Å²) in [6.07, 6.45) is 1.61. The molecule has 7 heteroatoms. The van der Waals surface area contributed by atoms with Gasteiger partial charge in [-0.1, -0.05) is 12.2 Å². The maximum Gasteiger partial charge on any atom is 0.292 e. The van der Waals surface area contributed by atoms with Crippen molar-refractivity contribution >= 4 is 38.8 Å². The van der Waals surface area contributed by atoms with Crippen molar-refractivity contribution < 1.29 is 4.92 Å². The van der Waals surface area contributed by atoms with E-state index in [4.69, 9.17) is 5.73 Å². The first-order chi connectivity index (χ1) is 6.50. The number of thiocarbonyl (C=S) groups is 1. The SMILES string of the molecule is NC(=S)Cc1ncc(Br)cc1[N+](=O)[O-]. The van der Waals surface area contributed by atoms with Crippen molar-refractivity contribution in [2.75, 3.05) is 0 Å². The fourth-order valence-corrected chi connectivity index (χ4v) is 1.37. The fraction of sp³-hybridized carbons (Fsp3) is 0.143. The van der Waals surface area contributed by atoms with Crippen LogP contribution in [0.2, 0.25) is 0 Å². The summed E-state index contributed by atoms with van der Waals surface area (Å²) in [7, 11) is 0. The van der Waals surface area contributed by atoms with E-state index in [0.29, 0.717) is 4.47 Å². The van der Waals surface area contributed by atoms with Gasteiger partial charge < -0.3 is 5.73 Å². The molecule has 0 aliphatic heterocycles. The Balaban J connectivity index is 3.14. The van der Waals surface area contributed by atoms with E-state index in [-0.39, 0.29) is 22.8 Å². The largest absolute Gasteiger partial charge is 0.393 e. The second-order valence-electron chi connectivity index (χ2n) is 2.52. The zero-order valence-electron chi connectivity index (χ0n) is 6.94. The summed E-state index contributed by atoms with van der Waals surface area (Å²) in [5.74, 6) is 0. The summed E-state index contributed by atoms with van der Waals surface area (Å²) in [5.41, 5.74) is 5.50. The van der Waals surface area contributed by atoms with Crippen LogP contribution in [-0.4, -0.2) is 14.9 Å². The molecule has 0 fully saturated rings. The zero-order valence-corrected chi connectivity index (χ0v) is 9.34. The normalized spacial score (nSPS) is 9.79. The van der Waals surface area contributed by atoms with Crippen LogP contribution in [0.25, 0.3) is 0 Å². The number of nitrogens with two attached hydrogens (primary N) is 1. The second-order valence-corrected chi connectivity index (χ2v) is 3.96. The minimum Gasteiger partial charge on any atom is -0.393 e. The first kappa shape index (κ1) is 11.0. The van der Waals surface area contributed by atoms with E-state index in [2.05, 4.69) is 33.1 Å². The Morgan fingerprint density at radius 2 is 2.43 bits per heavy atom. The summed E-state index contributed by atoms with van der Waals surface area (Å²) >= 11 is 7.76. The molecule has 0 atom stereocenters. The predicted octanol–water partition coefficient (Wildman–Crippen LogP) is 1.58. The highest BCUT2D eigenvalue weighted by Crippen LogP contribution is 2.21. The number of halogens is 1. The Bertz CT molecular complexity index is 397. The fourth-order valence-electron chi connectivity index (χ4n) is 0.916. The van der Waals surface area contributed by atoms with Gasteiger partial charge >= 0.3 is 0 Å². The van der Waals surface area contributed by atoms with Crippen molar-refractivity contribution in [3.8, 4) is 0 Å². The van der Waals surface area contributed by atoms with E-state index in [0.717, 1.165) is 0 Å². The molecule has 5 nitrogen and oxygen atoms in total. The summed E-state index contributed by atoms with van der Waals surface area (Å²) < 4.78 is 0.552. The van der Waals surface area contributed by atoms with E-state index in [1.165, 1.54) is 12.3 Å². The molecule has 0 saturated heterocycles. The lowest BCUT2D eigenvalue weighted by Gasteiger charge is -2.00. The van der Waals surface area contributed by atoms with Gasteiger partial charge in [0.05, 0.1) is 9.91 Å². The van der Waals surface area contributed by atoms with Gasteiger partial charge in [0.15, 0.2) is 0 Å². The maximum absolute atomic E-state index is 10.6. The van der Waals surface area contributed by atoms with Crippen LogP contribution in [0, 0.1) is 10.1 Å². The van der Waals surface area contributed by atoms with Crippen LogP contribution in [0.1, 0.15) is 5.69 Å². The molecular formula is C7H6BrN3O2S. The van der Waals surface area contributed by atoms with Crippen LogP contribution >= 0.6 is 28.1 Å². The van der Waals surface area contributed by atoms with Crippen LogP contribution in [0.5, 0.6) is 0 Å². The monoisotopic (exact) mass is 275 g/mol. The van der Waals surface area contributed by atoms with Crippen molar-refractivity contribution in [3.63, 3.8) is 0 Å². The van der Waals surface area contributed by atoms with Gasteiger partial charge in [-0.15, -0.1) is 0 Å². The minimum atomic E-state index is -0.509. The third kappa shape index (κ3) is 2.71. The molecule has 14 heavy (non-hydrogen) atoms. The minimum absolute atomic E-state index is 0.0767. The van der Waals surface area contributed by atoms with Gasteiger partial charge in [-0.2, -0.15) is 0 Å². The maximum atomic E-state index is 10.6. The molecule has 0 unspecified atom stereocenters. The van der Waals surface area contributed by atoms with Gasteiger partial charge in [-0.25, -0.2) is 0 Å². The van der Waals surface area contributed by atoms with Crippen molar-refractivity contribution in [3.05, 3.63) is 32.5 Å². The lowest BCUT2D eigenvalue weighted by atomic mass is 10.2. The summed E-state index contributed by atoms with van der Waals surface area (Å²) in [6.45, 7) is 0. The molecule has 0 spiro atoms. The van der Waals surface area contributed by atoms with E-state index in [1.54, 1.807) is 0 Å². The average Bonchev–Trinajstić information content (AvgIpc) is 2.07. The molecular weight excluding hydrogens is 270 g/mol. The van der Waals surface area contributed by atoms with E-state index in [9.17, 15) is 10.1 Å². The van der Waals surface area contributed by atoms with Crippen molar-refractivity contribution in [1.82, 2.24) is 4.98 Å². The Hall–Kier alpha value is -1.08. The number of aromatic nitrogens is 1. The van der Waals surface area contributed by atoms with Crippen LogP contribution in [0.3, 0.4) is 0 Å². The van der Waals surface area contributed by atoms with Crippen LogP contribution < -0.4 is 5.73 Å². The van der Waals surface area contributed by atoms with Crippen LogP contribution in [0.4, 0.5) is 5.69 Å². The standard InChI is InChI=1S/C7H6BrN3O2S/c8-4-1-6(11(12)13)5(10-3-4)2-7(9)14/h1,3H,2H2,(H2,9,14). The molecule has 0 saturated carbocycles. The molecule has 1 heterocycles. The zero-order chi connectivity index (χ0) is 10.7. The number of hydrogen-bond acceptors (Lipinski definition) is 4. The number of hydrogen-bond donors (Lipinski definition) is 1. The van der Waals surface area contributed by atoms with Gasteiger partial charge in [0.25, 0.3) is 5.69 Å². The Morgan fingerprint density at radius 3 is 2.93 bits per heavy atom. The summed E-state index contributed by atoms with van der Waals surface area (Å²) in [5, 5.41) is 10.6. The second kappa shape index (κ2) is 4.43. The highest BCUT2D eigenvalue weighted by Gasteiger charge is 2.15. The number of nitro groups is 1. The molecule has 0 aliphatic rings. The summed E-state index contributed by atoms with van der Waals surface area (Å²) in [4.78, 5) is 14.2. The molecule has 1 rings (SSSR count). The van der Waals surface area contributed by atoms with Gasteiger partial charge in [-0.05, 0) is 15.9 Å². The Labute approximate surface area is 93.6 Å². The Kier molecular flexibility index (Phi) is 3.48. The Morgan fingerprint density at radius 1 is 1.79 bits per heavy atom. The summed E-state index contributed by atoms with van der Waals surface area (Å²) in [6, 6.07) is 1.38. The molecule has 74 valence electrons. The van der Waals surface area contributed by atoms with E-state index < -0.39 is 4.92 Å². The molecule has 0 amide bonds. The van der Waals surface area contributed by atoms with Crippen molar-refractivity contribution in [2.45, 2.75) is 6.42 Å². The molecule has 0 aromatic carbocycles. The first-order valence-electron chi connectivity index (χ1n) is 3.58. The topological polar surface area (TPSA) is 82.0 Å². The lowest BCUT2D eigenvalue weighted by molar-refractivity contribution is -0.385. The smallest absolute Gasteiger partial charge is 0.292 e. The van der Waals surface area contributed by atoms with Crippen molar-refractivity contribution in [1.29, 1.82) is 0 Å². The third-order valence-corrected chi connectivity index (χ3v) is 2.03. The average molecular weight is 276 g/mol. The number of nitrogens with zero attached hydrogens (tertiary/aromatic N) is 2. The quantitative estimate of drug-likeness (QED) is 0.515. The number of pyridine rings is 1. The van der Waals surface area contributed by atoms with Gasteiger partial charge in [0.2, 0.25) is 0 Å². The van der Waals surface area contributed by atoms with Gasteiger partial charge in [0, 0.05) is 23.2 Å². The highest BCUT2D eigenvalue weighted by atomic mass is 79.9. The van der Waals surface area contributed by atoms with E-state index >= 15 is 0 Å². The molecule has 2 N–H and O–H groups in total. The van der Waals surface area contributed by atoms with Crippen LogP contribution in [0.15, 0.2) is 16.7 Å². The molecule has 0 bridgehead atoms. The van der Waals surface area contributed by atoms with Crippen molar-refractivity contribution in [2.24, 2.45) is 5.73 Å².